The van der Waals surface area contributed by atoms with Crippen molar-refractivity contribution in [1.29, 1.82) is 0 Å². The molecule has 1 N–H and O–H groups in total. The van der Waals surface area contributed by atoms with Gasteiger partial charge in [-0.05, 0) is 43.0 Å². The molecule has 1 aliphatic heterocycles. The number of nitrogens with one attached hydrogen (secondary N) is 1. The highest BCUT2D eigenvalue weighted by atomic mass is 35.5. The van der Waals surface area contributed by atoms with Crippen molar-refractivity contribution in [3.05, 3.63) is 64.7 Å². The van der Waals surface area contributed by atoms with E-state index in [2.05, 4.69) is 5.32 Å². The Kier molecular flexibility index (Phi) is 6.19. The van der Waals surface area contributed by atoms with Crippen molar-refractivity contribution < 1.29 is 13.2 Å². The standard InChI is InChI=1S/C20H23ClN2O3S/c1-15-7-2-3-8-16(15)13-22-20(24)17-9-6-12-23(14-17)27(25,26)19-11-5-4-10-18(19)21/h2-5,7-8,10-11,17H,6,9,12-14H2,1H3,(H,22,24). The summed E-state index contributed by atoms with van der Waals surface area (Å²) in [6, 6.07) is 14.3. The Hall–Kier alpha value is -1.89. The Morgan fingerprint density at radius 3 is 2.63 bits per heavy atom. The second-order valence-electron chi connectivity index (χ2n) is 6.78. The normalized spacial score (nSPS) is 18.2. The van der Waals surface area contributed by atoms with Crippen LogP contribution in [0.5, 0.6) is 0 Å². The number of hydrogen-bond acceptors (Lipinski definition) is 3. The van der Waals surface area contributed by atoms with E-state index >= 15 is 0 Å². The van der Waals surface area contributed by atoms with E-state index in [9.17, 15) is 13.2 Å². The summed E-state index contributed by atoms with van der Waals surface area (Å²) in [6.45, 7) is 3.02. The second kappa shape index (κ2) is 8.42. The lowest BCUT2D eigenvalue weighted by Gasteiger charge is -2.31. The van der Waals surface area contributed by atoms with Gasteiger partial charge in [-0.25, -0.2) is 8.42 Å². The summed E-state index contributed by atoms with van der Waals surface area (Å²) in [5, 5.41) is 3.14. The largest absolute Gasteiger partial charge is 0.352 e. The zero-order chi connectivity index (χ0) is 19.4. The van der Waals surface area contributed by atoms with Gasteiger partial charge in [-0.3, -0.25) is 4.79 Å². The quantitative estimate of drug-likeness (QED) is 0.827. The third-order valence-electron chi connectivity index (χ3n) is 4.92. The maximum atomic E-state index is 12.9. The third kappa shape index (κ3) is 4.51. The van der Waals surface area contributed by atoms with Crippen molar-refractivity contribution in [2.75, 3.05) is 13.1 Å². The van der Waals surface area contributed by atoms with E-state index in [0.29, 0.717) is 25.9 Å². The highest BCUT2D eigenvalue weighted by Gasteiger charge is 2.34. The van der Waals surface area contributed by atoms with E-state index < -0.39 is 10.0 Å². The molecule has 1 heterocycles. The lowest BCUT2D eigenvalue weighted by Crippen LogP contribution is -2.45. The zero-order valence-corrected chi connectivity index (χ0v) is 16.8. The summed E-state index contributed by atoms with van der Waals surface area (Å²) in [5.74, 6) is -0.475. The number of hydrogen-bond donors (Lipinski definition) is 1. The minimum atomic E-state index is -3.71. The van der Waals surface area contributed by atoms with Crippen LogP contribution in [0.4, 0.5) is 0 Å². The lowest BCUT2D eigenvalue weighted by atomic mass is 9.98. The van der Waals surface area contributed by atoms with E-state index in [4.69, 9.17) is 11.6 Å². The lowest BCUT2D eigenvalue weighted by molar-refractivity contribution is -0.126. The maximum absolute atomic E-state index is 12.9. The average molecular weight is 407 g/mol. The summed E-state index contributed by atoms with van der Waals surface area (Å²) in [6.07, 6.45) is 1.32. The van der Waals surface area contributed by atoms with Gasteiger partial charge in [-0.15, -0.1) is 0 Å². The van der Waals surface area contributed by atoms with Crippen LogP contribution < -0.4 is 5.32 Å². The fraction of sp³-hybridized carbons (Fsp3) is 0.350. The van der Waals surface area contributed by atoms with E-state index in [1.54, 1.807) is 18.2 Å². The molecule has 0 aliphatic carbocycles. The van der Waals surface area contributed by atoms with Crippen LogP contribution in [0, 0.1) is 12.8 Å². The molecule has 1 aliphatic rings. The first-order valence-corrected chi connectivity index (χ1v) is 10.8. The number of benzene rings is 2. The molecule has 0 bridgehead atoms. The molecule has 3 rings (SSSR count). The Balaban J connectivity index is 1.68. The van der Waals surface area contributed by atoms with Crippen LogP contribution in [0.1, 0.15) is 24.0 Å². The highest BCUT2D eigenvalue weighted by molar-refractivity contribution is 7.89. The first kappa shape index (κ1) is 19.9. The number of carbonyl (C=O) groups excluding carboxylic acids is 1. The van der Waals surface area contributed by atoms with Crippen LogP contribution >= 0.6 is 11.6 Å². The van der Waals surface area contributed by atoms with E-state index in [1.807, 2.05) is 31.2 Å². The molecule has 0 spiro atoms. The maximum Gasteiger partial charge on any atom is 0.244 e. The fourth-order valence-corrected chi connectivity index (χ4v) is 5.32. The van der Waals surface area contributed by atoms with Gasteiger partial charge in [0.05, 0.1) is 10.9 Å². The van der Waals surface area contributed by atoms with E-state index in [0.717, 1.165) is 11.1 Å². The van der Waals surface area contributed by atoms with Gasteiger partial charge in [0.2, 0.25) is 15.9 Å². The molecule has 1 amide bonds. The first-order valence-electron chi connectivity index (χ1n) is 8.96. The monoisotopic (exact) mass is 406 g/mol. The van der Waals surface area contributed by atoms with Crippen LogP contribution in [-0.2, 0) is 21.4 Å². The van der Waals surface area contributed by atoms with Crippen LogP contribution in [0.2, 0.25) is 5.02 Å². The number of nitrogens with zero attached hydrogens (tertiary/aromatic N) is 1. The van der Waals surface area contributed by atoms with Crippen molar-refractivity contribution in [2.45, 2.75) is 31.2 Å². The zero-order valence-electron chi connectivity index (χ0n) is 15.2. The number of aryl methyl sites for hydroxylation is 1. The molecule has 1 saturated heterocycles. The number of amides is 1. The van der Waals surface area contributed by atoms with Crippen LogP contribution in [0.25, 0.3) is 0 Å². The molecule has 2 aromatic carbocycles. The van der Waals surface area contributed by atoms with E-state index in [1.165, 1.54) is 10.4 Å². The molecule has 0 aromatic heterocycles. The molecule has 144 valence electrons. The molecular formula is C20H23ClN2O3S. The van der Waals surface area contributed by atoms with Crippen LogP contribution in [-0.4, -0.2) is 31.7 Å². The fourth-order valence-electron chi connectivity index (χ4n) is 3.30. The molecule has 1 atom stereocenters. The predicted molar refractivity (Wildman–Crippen MR) is 106 cm³/mol. The molecular weight excluding hydrogens is 384 g/mol. The van der Waals surface area contributed by atoms with Gasteiger partial charge in [0.25, 0.3) is 0 Å². The first-order chi connectivity index (χ1) is 12.9. The molecule has 1 unspecified atom stereocenters. The van der Waals surface area contributed by atoms with Gasteiger partial charge in [-0.1, -0.05) is 48.0 Å². The number of carbonyl (C=O) groups is 1. The summed E-state index contributed by atoms with van der Waals surface area (Å²) in [5.41, 5.74) is 2.17. The second-order valence-corrected chi connectivity index (χ2v) is 9.09. The summed E-state index contributed by atoms with van der Waals surface area (Å²) < 4.78 is 27.2. The molecule has 0 radical (unpaired) electrons. The van der Waals surface area contributed by atoms with Gasteiger partial charge in [0, 0.05) is 19.6 Å². The van der Waals surface area contributed by atoms with Gasteiger partial charge >= 0.3 is 0 Å². The third-order valence-corrected chi connectivity index (χ3v) is 7.29. The van der Waals surface area contributed by atoms with Crippen molar-refractivity contribution in [3.63, 3.8) is 0 Å². The minimum absolute atomic E-state index is 0.0904. The Labute approximate surface area is 165 Å². The molecule has 27 heavy (non-hydrogen) atoms. The minimum Gasteiger partial charge on any atom is -0.352 e. The van der Waals surface area contributed by atoms with Gasteiger partial charge in [0.15, 0.2) is 0 Å². The molecule has 7 heteroatoms. The molecule has 5 nitrogen and oxygen atoms in total. The highest BCUT2D eigenvalue weighted by Crippen LogP contribution is 2.28. The van der Waals surface area contributed by atoms with Gasteiger partial charge < -0.3 is 5.32 Å². The Morgan fingerprint density at radius 1 is 1.19 bits per heavy atom. The summed E-state index contributed by atoms with van der Waals surface area (Å²) in [7, 11) is -3.71. The smallest absolute Gasteiger partial charge is 0.244 e. The van der Waals surface area contributed by atoms with Crippen molar-refractivity contribution in [3.8, 4) is 0 Å². The Bertz CT molecular complexity index is 930. The Morgan fingerprint density at radius 2 is 1.89 bits per heavy atom. The van der Waals surface area contributed by atoms with Gasteiger partial charge in [0.1, 0.15) is 4.90 Å². The SMILES string of the molecule is Cc1ccccc1CNC(=O)C1CCCN(S(=O)(=O)c2ccccc2Cl)C1. The van der Waals surface area contributed by atoms with Crippen molar-refractivity contribution in [2.24, 2.45) is 5.92 Å². The predicted octanol–water partition coefficient (Wildman–Crippen LogP) is 3.37. The van der Waals surface area contributed by atoms with Crippen molar-refractivity contribution in [1.82, 2.24) is 9.62 Å². The van der Waals surface area contributed by atoms with Crippen LogP contribution in [0.15, 0.2) is 53.4 Å². The topological polar surface area (TPSA) is 66.5 Å². The number of sulfonamides is 1. The van der Waals surface area contributed by atoms with Crippen LogP contribution in [0.3, 0.4) is 0 Å². The summed E-state index contributed by atoms with van der Waals surface area (Å²) >= 11 is 6.07. The average Bonchev–Trinajstić information content (AvgIpc) is 2.67. The van der Waals surface area contributed by atoms with Gasteiger partial charge in [-0.2, -0.15) is 4.31 Å². The van der Waals surface area contributed by atoms with E-state index in [-0.39, 0.29) is 28.3 Å². The van der Waals surface area contributed by atoms with Crippen molar-refractivity contribution >= 4 is 27.5 Å². The summed E-state index contributed by atoms with van der Waals surface area (Å²) in [4.78, 5) is 12.7. The molecule has 1 fully saturated rings. The number of halogens is 1. The number of rotatable bonds is 5. The number of piperidine rings is 1. The molecule has 0 saturated carbocycles. The molecule has 2 aromatic rings.